The van der Waals surface area contributed by atoms with Gasteiger partial charge in [0.05, 0.1) is 5.69 Å². The summed E-state index contributed by atoms with van der Waals surface area (Å²) in [6.45, 7) is 1.04. The van der Waals surface area contributed by atoms with Gasteiger partial charge in [-0.25, -0.2) is 9.37 Å². The van der Waals surface area contributed by atoms with Gasteiger partial charge in [0.1, 0.15) is 11.6 Å². The van der Waals surface area contributed by atoms with Crippen LogP contribution in [0.2, 0.25) is 0 Å². The van der Waals surface area contributed by atoms with E-state index < -0.39 is 0 Å². The average molecular weight is 260 g/mol. The number of aliphatic hydroxyl groups is 1. The summed E-state index contributed by atoms with van der Waals surface area (Å²) in [5, 5.41) is 9.21. The van der Waals surface area contributed by atoms with E-state index in [1.165, 1.54) is 6.07 Å². The second-order valence-corrected chi connectivity index (χ2v) is 5.16. The van der Waals surface area contributed by atoms with Gasteiger partial charge in [-0.2, -0.15) is 0 Å². The van der Waals surface area contributed by atoms with Gasteiger partial charge < -0.3 is 9.67 Å². The lowest BCUT2D eigenvalue weighted by Gasteiger charge is -2.21. The van der Waals surface area contributed by atoms with Crippen molar-refractivity contribution in [3.05, 3.63) is 53.4 Å². The lowest BCUT2D eigenvalue weighted by atomic mass is 10.0. The first-order valence-electron chi connectivity index (χ1n) is 6.65. The highest BCUT2D eigenvalue weighted by atomic mass is 19.1. The number of benzene rings is 1. The Morgan fingerprint density at radius 3 is 3.00 bits per heavy atom. The number of nitrogens with zero attached hydrogens (tertiary/aromatic N) is 2. The van der Waals surface area contributed by atoms with Gasteiger partial charge in [0.25, 0.3) is 0 Å². The van der Waals surface area contributed by atoms with E-state index in [9.17, 15) is 9.50 Å². The summed E-state index contributed by atoms with van der Waals surface area (Å²) in [6.07, 6.45) is 4.38. The Kier molecular flexibility index (Phi) is 3.34. The lowest BCUT2D eigenvalue weighted by Crippen LogP contribution is -2.22. The van der Waals surface area contributed by atoms with E-state index in [0.29, 0.717) is 17.9 Å². The molecule has 1 aromatic heterocycles. The maximum absolute atomic E-state index is 13.6. The molecule has 1 aliphatic rings. The first-order chi connectivity index (χ1) is 9.26. The smallest absolute Gasteiger partial charge is 0.126 e. The Hall–Kier alpha value is -1.68. The van der Waals surface area contributed by atoms with E-state index in [1.807, 2.05) is 12.3 Å². The maximum Gasteiger partial charge on any atom is 0.126 e. The standard InChI is InChI=1S/C15H17FN2O/c16-14-4-2-1-3-12(14)7-13-9-18-8-11(10-19)5-6-15(18)17-13/h1-4,9,11,19H,5-8,10H2. The predicted octanol–water partition coefficient (Wildman–Crippen LogP) is 2.17. The fourth-order valence-electron chi connectivity index (χ4n) is 2.64. The quantitative estimate of drug-likeness (QED) is 0.918. The van der Waals surface area contributed by atoms with Crippen molar-refractivity contribution in [3.8, 4) is 0 Å². The van der Waals surface area contributed by atoms with Crippen LogP contribution < -0.4 is 0 Å². The van der Waals surface area contributed by atoms with Crippen molar-refractivity contribution >= 4 is 0 Å². The fraction of sp³-hybridized carbons (Fsp3) is 0.400. The Bertz CT molecular complexity index is 579. The number of halogens is 1. The van der Waals surface area contributed by atoms with E-state index in [4.69, 9.17) is 0 Å². The highest BCUT2D eigenvalue weighted by molar-refractivity contribution is 5.23. The van der Waals surface area contributed by atoms with E-state index >= 15 is 0 Å². The molecular formula is C15H17FN2O. The molecule has 0 saturated heterocycles. The normalized spacial score (nSPS) is 18.3. The van der Waals surface area contributed by atoms with Crippen LogP contribution in [0.25, 0.3) is 0 Å². The van der Waals surface area contributed by atoms with Gasteiger partial charge in [0.15, 0.2) is 0 Å². The number of hydrogen-bond donors (Lipinski definition) is 1. The van der Waals surface area contributed by atoms with Crippen molar-refractivity contribution in [1.29, 1.82) is 0 Å². The van der Waals surface area contributed by atoms with Crippen molar-refractivity contribution in [2.75, 3.05) is 6.61 Å². The largest absolute Gasteiger partial charge is 0.396 e. The first kappa shape index (κ1) is 12.4. The molecule has 0 aliphatic carbocycles. The summed E-state index contributed by atoms with van der Waals surface area (Å²) in [7, 11) is 0. The molecule has 3 rings (SSSR count). The number of imidazole rings is 1. The molecule has 1 atom stereocenters. The molecule has 1 aromatic carbocycles. The number of rotatable bonds is 3. The summed E-state index contributed by atoms with van der Waals surface area (Å²) >= 11 is 0. The molecule has 0 bridgehead atoms. The molecule has 4 heteroatoms. The van der Waals surface area contributed by atoms with E-state index in [0.717, 1.165) is 30.9 Å². The zero-order valence-electron chi connectivity index (χ0n) is 10.7. The molecule has 1 N–H and O–H groups in total. The summed E-state index contributed by atoms with van der Waals surface area (Å²) in [5.74, 6) is 1.20. The minimum Gasteiger partial charge on any atom is -0.396 e. The van der Waals surface area contributed by atoms with Crippen molar-refractivity contribution in [3.63, 3.8) is 0 Å². The SMILES string of the molecule is OCC1CCc2nc(Cc3ccccc3F)cn2C1. The molecule has 0 fully saturated rings. The molecule has 19 heavy (non-hydrogen) atoms. The minimum atomic E-state index is -0.179. The molecule has 1 unspecified atom stereocenters. The van der Waals surface area contributed by atoms with E-state index in [1.54, 1.807) is 12.1 Å². The average Bonchev–Trinajstić information content (AvgIpc) is 2.82. The Balaban J connectivity index is 1.80. The zero-order valence-corrected chi connectivity index (χ0v) is 10.7. The fourth-order valence-corrected chi connectivity index (χ4v) is 2.64. The van der Waals surface area contributed by atoms with Gasteiger partial charge in [-0.05, 0) is 18.1 Å². The van der Waals surface area contributed by atoms with Crippen molar-refractivity contribution < 1.29 is 9.50 Å². The number of fused-ring (bicyclic) bond motifs is 1. The van der Waals surface area contributed by atoms with Crippen LogP contribution in [-0.2, 0) is 19.4 Å². The molecule has 0 radical (unpaired) electrons. The molecule has 0 saturated carbocycles. The Morgan fingerprint density at radius 2 is 2.21 bits per heavy atom. The van der Waals surface area contributed by atoms with E-state index in [-0.39, 0.29) is 12.4 Å². The maximum atomic E-state index is 13.6. The molecule has 3 nitrogen and oxygen atoms in total. The molecule has 0 spiro atoms. The number of aryl methyl sites for hydroxylation is 1. The van der Waals surface area contributed by atoms with Crippen LogP contribution in [0, 0.1) is 11.7 Å². The van der Waals surface area contributed by atoms with Gasteiger partial charge in [-0.1, -0.05) is 18.2 Å². The predicted molar refractivity (Wildman–Crippen MR) is 70.3 cm³/mol. The minimum absolute atomic E-state index is 0.179. The van der Waals surface area contributed by atoms with Gasteiger partial charge in [-0.15, -0.1) is 0 Å². The van der Waals surface area contributed by atoms with Crippen molar-refractivity contribution in [2.45, 2.75) is 25.8 Å². The number of aliphatic hydroxyl groups excluding tert-OH is 1. The van der Waals surface area contributed by atoms with Crippen molar-refractivity contribution in [1.82, 2.24) is 9.55 Å². The van der Waals surface area contributed by atoms with Gasteiger partial charge in [-0.3, -0.25) is 0 Å². The van der Waals surface area contributed by atoms with Crippen LogP contribution in [0.4, 0.5) is 4.39 Å². The third-order valence-electron chi connectivity index (χ3n) is 3.73. The number of aromatic nitrogens is 2. The molecule has 2 heterocycles. The summed E-state index contributed by atoms with van der Waals surface area (Å²) < 4.78 is 15.7. The third-order valence-corrected chi connectivity index (χ3v) is 3.73. The topological polar surface area (TPSA) is 38.1 Å². The zero-order chi connectivity index (χ0) is 13.2. The Labute approximate surface area is 111 Å². The highest BCUT2D eigenvalue weighted by Gasteiger charge is 2.19. The summed E-state index contributed by atoms with van der Waals surface area (Å²) in [5.41, 5.74) is 1.58. The van der Waals surface area contributed by atoms with E-state index in [2.05, 4.69) is 9.55 Å². The van der Waals surface area contributed by atoms with Crippen molar-refractivity contribution in [2.24, 2.45) is 5.92 Å². The van der Waals surface area contributed by atoms with Crippen LogP contribution >= 0.6 is 0 Å². The number of hydrogen-bond acceptors (Lipinski definition) is 2. The van der Waals surface area contributed by atoms with Gasteiger partial charge >= 0.3 is 0 Å². The van der Waals surface area contributed by atoms with Crippen LogP contribution in [0.5, 0.6) is 0 Å². The lowest BCUT2D eigenvalue weighted by molar-refractivity contribution is 0.190. The van der Waals surface area contributed by atoms with Crippen LogP contribution in [0.3, 0.4) is 0 Å². The van der Waals surface area contributed by atoms with Crippen LogP contribution in [0.1, 0.15) is 23.5 Å². The summed E-state index contributed by atoms with van der Waals surface area (Å²) in [4.78, 5) is 4.57. The Morgan fingerprint density at radius 1 is 1.37 bits per heavy atom. The second-order valence-electron chi connectivity index (χ2n) is 5.16. The van der Waals surface area contributed by atoms with Crippen LogP contribution in [0.15, 0.2) is 30.5 Å². The molecule has 2 aromatic rings. The van der Waals surface area contributed by atoms with Crippen LogP contribution in [-0.4, -0.2) is 21.3 Å². The molecule has 1 aliphatic heterocycles. The molecular weight excluding hydrogens is 243 g/mol. The van der Waals surface area contributed by atoms with Gasteiger partial charge in [0.2, 0.25) is 0 Å². The third kappa shape index (κ3) is 2.54. The monoisotopic (exact) mass is 260 g/mol. The highest BCUT2D eigenvalue weighted by Crippen LogP contribution is 2.21. The summed E-state index contributed by atoms with van der Waals surface area (Å²) in [6, 6.07) is 6.82. The first-order valence-corrected chi connectivity index (χ1v) is 6.65. The molecule has 0 amide bonds. The second kappa shape index (κ2) is 5.13. The van der Waals surface area contributed by atoms with Gasteiger partial charge in [0, 0.05) is 38.1 Å². The molecule has 100 valence electrons.